The van der Waals surface area contributed by atoms with Crippen LogP contribution in [0.3, 0.4) is 0 Å². The molecule has 1 saturated heterocycles. The molecular formula is C18H24N4O2. The summed E-state index contributed by atoms with van der Waals surface area (Å²) in [6.07, 6.45) is 5.16. The van der Waals surface area contributed by atoms with E-state index in [1.807, 2.05) is 42.9 Å². The molecule has 0 bridgehead atoms. The highest BCUT2D eigenvalue weighted by Gasteiger charge is 2.26. The molecule has 2 amide bonds. The van der Waals surface area contributed by atoms with Gasteiger partial charge < -0.3 is 19.9 Å². The SMILES string of the molecule is Cc1cccc(CNC(=O)N[C@@H]2CCO[C@H](c3cncn3C)C2)c1. The van der Waals surface area contributed by atoms with Crippen molar-refractivity contribution in [2.45, 2.75) is 38.5 Å². The third kappa shape index (κ3) is 4.14. The Labute approximate surface area is 142 Å². The first-order valence-corrected chi connectivity index (χ1v) is 8.29. The molecule has 128 valence electrons. The minimum Gasteiger partial charge on any atom is -0.372 e. The second-order valence-electron chi connectivity index (χ2n) is 6.33. The molecular weight excluding hydrogens is 304 g/mol. The van der Waals surface area contributed by atoms with E-state index < -0.39 is 0 Å². The lowest BCUT2D eigenvalue weighted by molar-refractivity contribution is -0.00178. The number of hydrogen-bond donors (Lipinski definition) is 2. The molecule has 2 aromatic rings. The normalized spacial score (nSPS) is 20.6. The lowest BCUT2D eigenvalue weighted by atomic mass is 10.0. The van der Waals surface area contributed by atoms with Crippen molar-refractivity contribution in [1.82, 2.24) is 20.2 Å². The zero-order valence-electron chi connectivity index (χ0n) is 14.2. The Morgan fingerprint density at radius 2 is 2.33 bits per heavy atom. The molecule has 24 heavy (non-hydrogen) atoms. The molecule has 2 N–H and O–H groups in total. The quantitative estimate of drug-likeness (QED) is 0.906. The van der Waals surface area contributed by atoms with E-state index in [1.54, 1.807) is 6.33 Å². The molecule has 2 atom stereocenters. The summed E-state index contributed by atoms with van der Waals surface area (Å²) in [5.74, 6) is 0. The van der Waals surface area contributed by atoms with E-state index in [1.165, 1.54) is 5.56 Å². The van der Waals surface area contributed by atoms with Gasteiger partial charge in [0, 0.05) is 26.2 Å². The maximum atomic E-state index is 12.1. The van der Waals surface area contributed by atoms with Crippen molar-refractivity contribution in [3.63, 3.8) is 0 Å². The summed E-state index contributed by atoms with van der Waals surface area (Å²) >= 11 is 0. The second kappa shape index (κ2) is 7.49. The molecule has 6 nitrogen and oxygen atoms in total. The van der Waals surface area contributed by atoms with Crippen LogP contribution < -0.4 is 10.6 Å². The number of aryl methyl sites for hydroxylation is 2. The fourth-order valence-electron chi connectivity index (χ4n) is 3.05. The monoisotopic (exact) mass is 328 g/mol. The van der Waals surface area contributed by atoms with E-state index >= 15 is 0 Å². The summed E-state index contributed by atoms with van der Waals surface area (Å²) in [7, 11) is 1.96. The van der Waals surface area contributed by atoms with Crippen LogP contribution in [-0.4, -0.2) is 28.2 Å². The number of amides is 2. The number of nitrogens with zero attached hydrogens (tertiary/aromatic N) is 2. The second-order valence-corrected chi connectivity index (χ2v) is 6.33. The van der Waals surface area contributed by atoms with Crippen LogP contribution in [-0.2, 0) is 18.3 Å². The van der Waals surface area contributed by atoms with Gasteiger partial charge in [0.2, 0.25) is 0 Å². The lowest BCUT2D eigenvalue weighted by Gasteiger charge is -2.30. The molecule has 0 unspecified atom stereocenters. The first kappa shape index (κ1) is 16.5. The van der Waals surface area contributed by atoms with Crippen LogP contribution >= 0.6 is 0 Å². The summed E-state index contributed by atoms with van der Waals surface area (Å²) in [4.78, 5) is 16.3. The van der Waals surface area contributed by atoms with Gasteiger partial charge in [-0.15, -0.1) is 0 Å². The minimum atomic E-state index is -0.132. The highest BCUT2D eigenvalue weighted by Crippen LogP contribution is 2.27. The van der Waals surface area contributed by atoms with Gasteiger partial charge in [-0.3, -0.25) is 0 Å². The van der Waals surface area contributed by atoms with Crippen LogP contribution in [0.5, 0.6) is 0 Å². The smallest absolute Gasteiger partial charge is 0.315 e. The molecule has 1 fully saturated rings. The van der Waals surface area contributed by atoms with Gasteiger partial charge in [0.25, 0.3) is 0 Å². The van der Waals surface area contributed by atoms with E-state index in [0.29, 0.717) is 13.2 Å². The Bertz CT molecular complexity index is 698. The zero-order valence-corrected chi connectivity index (χ0v) is 14.2. The first-order chi connectivity index (χ1) is 11.6. The standard InChI is InChI=1S/C18H24N4O2/c1-13-4-3-5-14(8-13)10-20-18(23)21-15-6-7-24-17(9-15)16-11-19-12-22(16)2/h3-5,8,11-12,15,17H,6-7,9-10H2,1-2H3,(H2,20,21,23)/t15-,17+/m1/s1. The number of benzene rings is 1. The molecule has 3 rings (SSSR count). The average Bonchev–Trinajstić information content (AvgIpc) is 2.99. The summed E-state index contributed by atoms with van der Waals surface area (Å²) in [6, 6.07) is 8.11. The molecule has 1 aromatic heterocycles. The van der Waals surface area contributed by atoms with Crippen LogP contribution in [0, 0.1) is 6.92 Å². The molecule has 0 radical (unpaired) electrons. The number of urea groups is 1. The van der Waals surface area contributed by atoms with Gasteiger partial charge in [-0.25, -0.2) is 9.78 Å². The Kier molecular flexibility index (Phi) is 5.15. The van der Waals surface area contributed by atoms with Gasteiger partial charge in [-0.2, -0.15) is 0 Å². The van der Waals surface area contributed by atoms with Gasteiger partial charge in [0.1, 0.15) is 6.10 Å². The molecule has 0 spiro atoms. The van der Waals surface area contributed by atoms with E-state index in [-0.39, 0.29) is 18.2 Å². The van der Waals surface area contributed by atoms with Crippen LogP contribution in [0.15, 0.2) is 36.8 Å². The Morgan fingerprint density at radius 1 is 1.46 bits per heavy atom. The number of imidazole rings is 1. The Balaban J connectivity index is 1.50. The number of rotatable bonds is 4. The van der Waals surface area contributed by atoms with Crippen LogP contribution in [0.25, 0.3) is 0 Å². The fraction of sp³-hybridized carbons (Fsp3) is 0.444. The van der Waals surface area contributed by atoms with Crippen molar-refractivity contribution in [2.75, 3.05) is 6.61 Å². The molecule has 1 aliphatic heterocycles. The van der Waals surface area contributed by atoms with Crippen LogP contribution in [0.2, 0.25) is 0 Å². The first-order valence-electron chi connectivity index (χ1n) is 8.29. The molecule has 2 heterocycles. The maximum absolute atomic E-state index is 12.1. The Hall–Kier alpha value is -2.34. The number of carbonyl (C=O) groups is 1. The summed E-state index contributed by atoms with van der Waals surface area (Å²) < 4.78 is 7.79. The van der Waals surface area contributed by atoms with Gasteiger partial charge >= 0.3 is 6.03 Å². The van der Waals surface area contributed by atoms with E-state index in [4.69, 9.17) is 4.74 Å². The number of hydrogen-bond acceptors (Lipinski definition) is 3. The van der Waals surface area contributed by atoms with Crippen molar-refractivity contribution in [3.8, 4) is 0 Å². The lowest BCUT2D eigenvalue weighted by Crippen LogP contribution is -2.44. The maximum Gasteiger partial charge on any atom is 0.315 e. The van der Waals surface area contributed by atoms with E-state index in [0.717, 1.165) is 24.1 Å². The largest absolute Gasteiger partial charge is 0.372 e. The Morgan fingerprint density at radius 3 is 3.08 bits per heavy atom. The summed E-state index contributed by atoms with van der Waals surface area (Å²) in [5, 5.41) is 5.98. The van der Waals surface area contributed by atoms with Gasteiger partial charge in [0.15, 0.2) is 0 Å². The molecule has 0 aliphatic carbocycles. The molecule has 6 heteroatoms. The van der Waals surface area contributed by atoms with Crippen LogP contribution in [0.1, 0.15) is 35.8 Å². The zero-order chi connectivity index (χ0) is 16.9. The fourth-order valence-corrected chi connectivity index (χ4v) is 3.05. The molecule has 1 aliphatic rings. The molecule has 0 saturated carbocycles. The minimum absolute atomic E-state index is 0.0201. The van der Waals surface area contributed by atoms with Gasteiger partial charge in [-0.1, -0.05) is 29.8 Å². The number of aromatic nitrogens is 2. The highest BCUT2D eigenvalue weighted by molar-refractivity contribution is 5.74. The van der Waals surface area contributed by atoms with Gasteiger partial charge in [0.05, 0.1) is 18.2 Å². The van der Waals surface area contributed by atoms with E-state index in [9.17, 15) is 4.79 Å². The van der Waals surface area contributed by atoms with Gasteiger partial charge in [-0.05, 0) is 25.3 Å². The topological polar surface area (TPSA) is 68.2 Å². The number of carbonyl (C=O) groups excluding carboxylic acids is 1. The number of nitrogens with one attached hydrogen (secondary N) is 2. The van der Waals surface area contributed by atoms with Crippen LogP contribution in [0.4, 0.5) is 4.79 Å². The summed E-state index contributed by atoms with van der Waals surface area (Å²) in [6.45, 7) is 3.21. The predicted octanol–water partition coefficient (Wildman–Crippen LogP) is 2.45. The van der Waals surface area contributed by atoms with Crippen molar-refractivity contribution in [2.24, 2.45) is 7.05 Å². The predicted molar refractivity (Wildman–Crippen MR) is 91.5 cm³/mol. The van der Waals surface area contributed by atoms with Crippen molar-refractivity contribution >= 4 is 6.03 Å². The molecule has 1 aromatic carbocycles. The van der Waals surface area contributed by atoms with E-state index in [2.05, 4.69) is 21.7 Å². The van der Waals surface area contributed by atoms with Crippen molar-refractivity contribution in [1.29, 1.82) is 0 Å². The third-order valence-corrected chi connectivity index (χ3v) is 4.34. The average molecular weight is 328 g/mol. The highest BCUT2D eigenvalue weighted by atomic mass is 16.5. The van der Waals surface area contributed by atoms with Crippen molar-refractivity contribution in [3.05, 3.63) is 53.6 Å². The third-order valence-electron chi connectivity index (χ3n) is 4.34. The summed E-state index contributed by atoms with van der Waals surface area (Å²) in [5.41, 5.74) is 3.34. The number of ether oxygens (including phenoxy) is 1. The van der Waals surface area contributed by atoms with Crippen molar-refractivity contribution < 1.29 is 9.53 Å².